The maximum absolute atomic E-state index is 12.8. The first-order valence-corrected chi connectivity index (χ1v) is 30.1. The highest BCUT2D eigenvalue weighted by Crippen LogP contribution is 2.16. The number of hydrogen-bond acceptors (Lipinski definition) is 6. The molecule has 1 unspecified atom stereocenters. The summed E-state index contributed by atoms with van der Waals surface area (Å²) in [5.41, 5.74) is 0. The second kappa shape index (κ2) is 59.2. The van der Waals surface area contributed by atoms with E-state index in [1.807, 2.05) is 0 Å². The minimum Gasteiger partial charge on any atom is -0.462 e. The van der Waals surface area contributed by atoms with Gasteiger partial charge in [0.25, 0.3) is 0 Å². The maximum Gasteiger partial charge on any atom is 0.306 e. The van der Waals surface area contributed by atoms with Crippen LogP contribution in [0.5, 0.6) is 0 Å². The lowest BCUT2D eigenvalue weighted by Gasteiger charge is -2.18. The summed E-state index contributed by atoms with van der Waals surface area (Å²) >= 11 is 0. The molecular weight excluding hydrogens is 877 g/mol. The molecule has 0 saturated carbocycles. The van der Waals surface area contributed by atoms with E-state index < -0.39 is 6.10 Å². The van der Waals surface area contributed by atoms with Crippen molar-refractivity contribution in [1.82, 2.24) is 0 Å². The van der Waals surface area contributed by atoms with Gasteiger partial charge in [-0.2, -0.15) is 0 Å². The van der Waals surface area contributed by atoms with Gasteiger partial charge in [-0.25, -0.2) is 0 Å². The van der Waals surface area contributed by atoms with E-state index in [0.29, 0.717) is 19.3 Å². The Morgan fingerprint density at radius 2 is 0.549 bits per heavy atom. The SMILES string of the molecule is CC/C=C\C/C=C\C/C=C\C/C=C\CCCCCCCCCCCCCCCCC(=O)OCC(COC(=O)CCCCCCCCCCCCCCC)OC(=O)CCCCC/C=C\C/C=C\C/C=C\CC. The van der Waals surface area contributed by atoms with Crippen LogP contribution in [0.25, 0.3) is 0 Å². The minimum absolute atomic E-state index is 0.0851. The van der Waals surface area contributed by atoms with Gasteiger partial charge in [0, 0.05) is 19.3 Å². The number of allylic oxidation sites excluding steroid dienone is 14. The third-order valence-electron chi connectivity index (χ3n) is 12.9. The number of carbonyl (C=O) groups excluding carboxylic acids is 3. The molecular formula is C65H112O6. The number of carbonyl (C=O) groups is 3. The summed E-state index contributed by atoms with van der Waals surface area (Å²) in [5.74, 6) is -0.906. The van der Waals surface area contributed by atoms with Crippen molar-refractivity contribution in [3.8, 4) is 0 Å². The predicted octanol–water partition coefficient (Wildman–Crippen LogP) is 20.3. The second-order valence-corrected chi connectivity index (χ2v) is 19.9. The van der Waals surface area contributed by atoms with Gasteiger partial charge in [0.1, 0.15) is 13.2 Å². The molecule has 0 fully saturated rings. The van der Waals surface area contributed by atoms with E-state index in [9.17, 15) is 14.4 Å². The summed E-state index contributed by atoms with van der Waals surface area (Å²) in [6.45, 7) is 6.41. The van der Waals surface area contributed by atoms with E-state index in [-0.39, 0.29) is 31.1 Å². The number of rotatable bonds is 54. The van der Waals surface area contributed by atoms with Gasteiger partial charge in [0.15, 0.2) is 6.10 Å². The molecule has 0 aromatic rings. The van der Waals surface area contributed by atoms with Crippen LogP contribution < -0.4 is 0 Å². The van der Waals surface area contributed by atoms with Crippen LogP contribution in [0.4, 0.5) is 0 Å². The highest BCUT2D eigenvalue weighted by atomic mass is 16.6. The monoisotopic (exact) mass is 989 g/mol. The molecule has 0 aliphatic rings. The molecule has 0 saturated heterocycles. The topological polar surface area (TPSA) is 78.9 Å². The Morgan fingerprint density at radius 1 is 0.296 bits per heavy atom. The van der Waals surface area contributed by atoms with Gasteiger partial charge in [0.05, 0.1) is 0 Å². The smallest absolute Gasteiger partial charge is 0.306 e. The Bertz CT molecular complexity index is 1370. The van der Waals surface area contributed by atoms with Crippen molar-refractivity contribution >= 4 is 17.9 Å². The fourth-order valence-corrected chi connectivity index (χ4v) is 8.45. The first-order valence-electron chi connectivity index (χ1n) is 30.1. The van der Waals surface area contributed by atoms with Gasteiger partial charge in [-0.05, 0) is 89.9 Å². The van der Waals surface area contributed by atoms with E-state index in [4.69, 9.17) is 14.2 Å². The fourth-order valence-electron chi connectivity index (χ4n) is 8.45. The van der Waals surface area contributed by atoms with Gasteiger partial charge in [-0.3, -0.25) is 14.4 Å². The van der Waals surface area contributed by atoms with Crippen molar-refractivity contribution in [3.05, 3.63) is 85.1 Å². The van der Waals surface area contributed by atoms with Gasteiger partial charge >= 0.3 is 17.9 Å². The highest BCUT2D eigenvalue weighted by molar-refractivity contribution is 5.71. The molecule has 0 amide bonds. The quantitative estimate of drug-likeness (QED) is 0.0261. The summed E-state index contributed by atoms with van der Waals surface area (Å²) in [5, 5.41) is 0. The summed E-state index contributed by atoms with van der Waals surface area (Å²) in [6, 6.07) is 0. The third kappa shape index (κ3) is 57.4. The van der Waals surface area contributed by atoms with E-state index in [0.717, 1.165) is 109 Å². The zero-order valence-corrected chi connectivity index (χ0v) is 46.7. The van der Waals surface area contributed by atoms with Crippen LogP contribution in [0.1, 0.15) is 290 Å². The molecule has 0 aliphatic carbocycles. The highest BCUT2D eigenvalue weighted by Gasteiger charge is 2.19. The van der Waals surface area contributed by atoms with E-state index in [1.165, 1.54) is 141 Å². The molecule has 0 aromatic carbocycles. The molecule has 0 radical (unpaired) electrons. The molecule has 71 heavy (non-hydrogen) atoms. The predicted molar refractivity (Wildman–Crippen MR) is 307 cm³/mol. The molecule has 0 aromatic heterocycles. The second-order valence-electron chi connectivity index (χ2n) is 19.9. The first kappa shape index (κ1) is 67.6. The number of unbranched alkanes of at least 4 members (excludes halogenated alkanes) is 29. The van der Waals surface area contributed by atoms with Crippen molar-refractivity contribution in [1.29, 1.82) is 0 Å². The van der Waals surface area contributed by atoms with Crippen LogP contribution in [0.15, 0.2) is 85.1 Å². The van der Waals surface area contributed by atoms with E-state index >= 15 is 0 Å². The van der Waals surface area contributed by atoms with Crippen LogP contribution in [0.2, 0.25) is 0 Å². The van der Waals surface area contributed by atoms with Gasteiger partial charge in [0.2, 0.25) is 0 Å². The van der Waals surface area contributed by atoms with E-state index in [1.54, 1.807) is 0 Å². The normalized spacial score (nSPS) is 12.7. The van der Waals surface area contributed by atoms with Crippen molar-refractivity contribution in [2.45, 2.75) is 297 Å². The van der Waals surface area contributed by atoms with Crippen molar-refractivity contribution in [3.63, 3.8) is 0 Å². The largest absolute Gasteiger partial charge is 0.462 e. The average molecular weight is 990 g/mol. The van der Waals surface area contributed by atoms with Crippen molar-refractivity contribution in [2.24, 2.45) is 0 Å². The molecule has 408 valence electrons. The van der Waals surface area contributed by atoms with Crippen molar-refractivity contribution < 1.29 is 28.6 Å². The Labute approximate surface area is 439 Å². The molecule has 6 nitrogen and oxygen atoms in total. The average Bonchev–Trinajstić information content (AvgIpc) is 3.37. The van der Waals surface area contributed by atoms with Crippen LogP contribution in [0.3, 0.4) is 0 Å². The lowest BCUT2D eigenvalue weighted by atomic mass is 10.0. The molecule has 6 heteroatoms. The zero-order valence-electron chi connectivity index (χ0n) is 46.7. The molecule has 0 spiro atoms. The molecule has 0 N–H and O–H groups in total. The molecule has 0 aliphatic heterocycles. The lowest BCUT2D eigenvalue weighted by Crippen LogP contribution is -2.30. The Kier molecular flexibility index (Phi) is 56.3. The molecule has 1 atom stereocenters. The number of esters is 3. The van der Waals surface area contributed by atoms with Gasteiger partial charge in [-0.1, -0.05) is 266 Å². The number of ether oxygens (including phenoxy) is 3. The minimum atomic E-state index is -0.789. The molecule has 0 rings (SSSR count). The summed E-state index contributed by atoms with van der Waals surface area (Å²) in [4.78, 5) is 38.1. The van der Waals surface area contributed by atoms with Gasteiger partial charge in [-0.15, -0.1) is 0 Å². The summed E-state index contributed by atoms with van der Waals surface area (Å²) < 4.78 is 16.8. The van der Waals surface area contributed by atoms with Crippen LogP contribution >= 0.6 is 0 Å². The maximum atomic E-state index is 12.8. The number of hydrogen-bond donors (Lipinski definition) is 0. The lowest BCUT2D eigenvalue weighted by molar-refractivity contribution is -0.167. The van der Waals surface area contributed by atoms with Crippen LogP contribution in [-0.2, 0) is 28.6 Å². The van der Waals surface area contributed by atoms with Gasteiger partial charge < -0.3 is 14.2 Å². The zero-order chi connectivity index (χ0) is 51.4. The summed E-state index contributed by atoms with van der Waals surface area (Å²) in [6.07, 6.45) is 77.4. The molecule has 0 bridgehead atoms. The third-order valence-corrected chi connectivity index (χ3v) is 12.9. The first-order chi connectivity index (χ1) is 35.0. The Morgan fingerprint density at radius 3 is 0.873 bits per heavy atom. The van der Waals surface area contributed by atoms with E-state index in [2.05, 4.69) is 106 Å². The summed E-state index contributed by atoms with van der Waals surface area (Å²) in [7, 11) is 0. The van der Waals surface area contributed by atoms with Crippen molar-refractivity contribution in [2.75, 3.05) is 13.2 Å². The molecule has 0 heterocycles. The Balaban J connectivity index is 4.23. The van der Waals surface area contributed by atoms with Crippen LogP contribution in [-0.4, -0.2) is 37.2 Å². The standard InChI is InChI=1S/C65H112O6/c1-4-7-10-13-16-19-22-25-26-27-28-29-30-31-32-33-34-35-36-37-38-41-43-46-49-52-55-58-64(67)70-61-62(71-65(68)59-56-53-50-47-44-40-24-21-18-15-12-9-6-3)60-69-63(66)57-54-51-48-45-42-39-23-20-17-14-11-8-5-2/h7,9-10,12,16,18-19,21,25-26,28-29,40,44,62H,4-6,8,11,13-15,17,20,22-24,27,30-39,41-43,45-61H2,1-3H3/b10-7-,12-9-,19-16-,21-18-,26-25-,29-28-,44-40-. The fraction of sp³-hybridized carbons (Fsp3) is 0.738. The Hall–Kier alpha value is -3.41. The van der Waals surface area contributed by atoms with Crippen LogP contribution in [0, 0.1) is 0 Å².